The van der Waals surface area contributed by atoms with E-state index < -0.39 is 8.07 Å². The van der Waals surface area contributed by atoms with Gasteiger partial charge < -0.3 is 0 Å². The first-order valence-electron chi connectivity index (χ1n) is 8.55. The first-order chi connectivity index (χ1) is 11.2. The molecule has 0 bridgehead atoms. The third-order valence-electron chi connectivity index (χ3n) is 4.79. The Hall–Kier alpha value is -1.93. The molecule has 2 aromatic rings. The van der Waals surface area contributed by atoms with Crippen molar-refractivity contribution in [3.05, 3.63) is 69.9 Å². The van der Waals surface area contributed by atoms with Gasteiger partial charge in [-0.25, -0.2) is 0 Å². The van der Waals surface area contributed by atoms with Gasteiger partial charge in [-0.2, -0.15) is 0 Å². The molecule has 0 atom stereocenters. The van der Waals surface area contributed by atoms with Crippen LogP contribution >= 0.6 is 0 Å². The highest BCUT2D eigenvalue weighted by molar-refractivity contribution is 6.96. The monoisotopic (exact) mass is 336 g/mol. The molecular formula is C22H28OSi. The number of allylic oxidation sites excluding steroid dienone is 1. The molecule has 2 aromatic carbocycles. The fourth-order valence-electron chi connectivity index (χ4n) is 3.35. The van der Waals surface area contributed by atoms with Crippen LogP contribution in [-0.2, 0) is 4.79 Å². The Kier molecular flexibility index (Phi) is 5.61. The van der Waals surface area contributed by atoms with Gasteiger partial charge in [0.1, 0.15) is 13.9 Å². The summed E-state index contributed by atoms with van der Waals surface area (Å²) >= 11 is 0. The van der Waals surface area contributed by atoms with E-state index in [1.807, 2.05) is 0 Å². The molecule has 0 radical (unpaired) electrons. The molecule has 0 saturated heterocycles. The first-order valence-corrected chi connectivity index (χ1v) is 11.6. The molecule has 0 saturated carbocycles. The van der Waals surface area contributed by atoms with Gasteiger partial charge in [0.05, 0.1) is 0 Å². The van der Waals surface area contributed by atoms with Crippen molar-refractivity contribution >= 4 is 25.1 Å². The minimum atomic E-state index is -1.87. The summed E-state index contributed by atoms with van der Waals surface area (Å²) in [5, 5.41) is 2.68. The van der Waals surface area contributed by atoms with Gasteiger partial charge in [0.2, 0.25) is 0 Å². The number of hydrogen-bond donors (Lipinski definition) is 0. The molecule has 126 valence electrons. The number of hydrogen-bond acceptors (Lipinski definition) is 1. The van der Waals surface area contributed by atoms with Gasteiger partial charge in [0.15, 0.2) is 0 Å². The molecule has 2 heteroatoms. The lowest BCUT2D eigenvalue weighted by Gasteiger charge is -2.27. The molecule has 0 N–H and O–H groups in total. The van der Waals surface area contributed by atoms with Crippen LogP contribution in [0.25, 0.3) is 6.08 Å². The number of rotatable bonds is 5. The first kappa shape index (κ1) is 18.4. The summed E-state index contributed by atoms with van der Waals surface area (Å²) in [5.74, 6) is 0.236. The van der Waals surface area contributed by atoms with E-state index >= 15 is 0 Å². The van der Waals surface area contributed by atoms with Crippen LogP contribution in [0.4, 0.5) is 0 Å². The third kappa shape index (κ3) is 4.12. The molecule has 0 heterocycles. The normalized spacial score (nSPS) is 12.3. The van der Waals surface area contributed by atoms with Gasteiger partial charge in [-0.3, -0.25) is 4.79 Å². The Bertz CT molecular complexity index is 747. The van der Waals surface area contributed by atoms with Crippen LogP contribution in [0.3, 0.4) is 0 Å². The molecule has 0 aliphatic carbocycles. The maximum absolute atomic E-state index is 11.9. The summed E-state index contributed by atoms with van der Waals surface area (Å²) in [6, 6.07) is 15.1. The molecule has 0 aliphatic rings. The van der Waals surface area contributed by atoms with E-state index in [2.05, 4.69) is 82.4 Å². The molecule has 24 heavy (non-hydrogen) atoms. The van der Waals surface area contributed by atoms with Crippen LogP contribution in [0.5, 0.6) is 0 Å². The predicted molar refractivity (Wildman–Crippen MR) is 107 cm³/mol. The zero-order valence-corrected chi connectivity index (χ0v) is 16.7. The maximum Gasteiger partial charge on any atom is 0.133 e. The Morgan fingerprint density at radius 3 is 2.04 bits per heavy atom. The summed E-state index contributed by atoms with van der Waals surface area (Å²) in [6.07, 6.45) is 2.84. The zero-order valence-electron chi connectivity index (χ0n) is 15.7. The molecule has 1 nitrogen and oxygen atoms in total. The van der Waals surface area contributed by atoms with Gasteiger partial charge in [-0.05, 0) is 44.4 Å². The lowest BCUT2D eigenvalue weighted by Crippen LogP contribution is -2.44. The van der Waals surface area contributed by atoms with E-state index in [1.165, 1.54) is 32.6 Å². The van der Waals surface area contributed by atoms with Crippen molar-refractivity contribution in [3.63, 3.8) is 0 Å². The average Bonchev–Trinajstić information content (AvgIpc) is 2.50. The van der Waals surface area contributed by atoms with Crippen LogP contribution in [0, 0.1) is 20.8 Å². The van der Waals surface area contributed by atoms with E-state index in [1.54, 1.807) is 6.92 Å². The zero-order chi connectivity index (χ0) is 17.9. The van der Waals surface area contributed by atoms with Crippen LogP contribution in [0.1, 0.15) is 35.6 Å². The fraction of sp³-hybridized carbons (Fsp3) is 0.318. The highest BCUT2D eigenvalue weighted by atomic mass is 28.3. The summed E-state index contributed by atoms with van der Waals surface area (Å²) in [7, 11) is -1.87. The van der Waals surface area contributed by atoms with Gasteiger partial charge in [0, 0.05) is 6.42 Å². The van der Waals surface area contributed by atoms with Crippen LogP contribution in [0.2, 0.25) is 13.1 Å². The lowest BCUT2D eigenvalue weighted by atomic mass is 9.99. The van der Waals surface area contributed by atoms with E-state index in [-0.39, 0.29) is 5.78 Å². The van der Waals surface area contributed by atoms with Gasteiger partial charge >= 0.3 is 0 Å². The van der Waals surface area contributed by atoms with Crippen LogP contribution < -0.4 is 5.19 Å². The maximum atomic E-state index is 11.9. The average molecular weight is 337 g/mol. The number of aryl methyl sites for hydroxylation is 3. The summed E-state index contributed by atoms with van der Waals surface area (Å²) in [6.45, 7) is 12.8. The van der Waals surface area contributed by atoms with Crippen molar-refractivity contribution in [2.24, 2.45) is 0 Å². The molecule has 0 unspecified atom stereocenters. The SMILES string of the molecule is CC(=O)C/C(=C\c1c(C)cc(C)cc1C)[Si](C)(C)c1ccccc1. The predicted octanol–water partition coefficient (Wildman–Crippen LogP) is 5.13. The van der Waals surface area contributed by atoms with Gasteiger partial charge in [0.25, 0.3) is 0 Å². The van der Waals surface area contributed by atoms with E-state index in [9.17, 15) is 4.79 Å². The Balaban J connectivity index is 2.60. The standard InChI is InChI=1S/C22H28OSi/c1-16-12-17(2)22(18(3)13-16)15-21(14-19(4)23)24(5,6)20-10-8-7-9-11-20/h7-13,15H,14H2,1-6H3/b21-15+. The Morgan fingerprint density at radius 1 is 1.00 bits per heavy atom. The van der Waals surface area contributed by atoms with Gasteiger partial charge in [-0.1, -0.05) is 77.6 Å². The van der Waals surface area contributed by atoms with Crippen molar-refractivity contribution < 1.29 is 4.79 Å². The number of benzene rings is 2. The fourth-order valence-corrected chi connectivity index (χ4v) is 5.95. The van der Waals surface area contributed by atoms with E-state index in [4.69, 9.17) is 0 Å². The van der Waals surface area contributed by atoms with Crippen molar-refractivity contribution in [2.75, 3.05) is 0 Å². The number of carbonyl (C=O) groups is 1. The second-order valence-corrected chi connectivity index (χ2v) is 11.8. The molecule has 0 aliphatic heterocycles. The molecule has 0 fully saturated rings. The van der Waals surface area contributed by atoms with E-state index in [0.717, 1.165) is 0 Å². The largest absolute Gasteiger partial charge is 0.300 e. The quantitative estimate of drug-likeness (QED) is 0.692. The highest BCUT2D eigenvalue weighted by Crippen LogP contribution is 2.26. The summed E-state index contributed by atoms with van der Waals surface area (Å²) in [4.78, 5) is 11.9. The van der Waals surface area contributed by atoms with Crippen LogP contribution in [-0.4, -0.2) is 13.9 Å². The molecule has 0 amide bonds. The molecule has 0 aromatic heterocycles. The molecule has 0 spiro atoms. The third-order valence-corrected chi connectivity index (χ3v) is 8.50. The van der Waals surface area contributed by atoms with Gasteiger partial charge in [-0.15, -0.1) is 0 Å². The van der Waals surface area contributed by atoms with Crippen molar-refractivity contribution in [3.8, 4) is 0 Å². The van der Waals surface area contributed by atoms with Crippen molar-refractivity contribution in [1.82, 2.24) is 0 Å². The van der Waals surface area contributed by atoms with Crippen LogP contribution in [0.15, 0.2) is 47.7 Å². The Labute approximate surface area is 147 Å². The lowest BCUT2D eigenvalue weighted by molar-refractivity contribution is -0.116. The van der Waals surface area contributed by atoms with Crippen molar-refractivity contribution in [2.45, 2.75) is 47.2 Å². The van der Waals surface area contributed by atoms with E-state index in [0.29, 0.717) is 6.42 Å². The summed E-state index contributed by atoms with van der Waals surface area (Å²) in [5.41, 5.74) is 5.13. The smallest absolute Gasteiger partial charge is 0.133 e. The summed E-state index contributed by atoms with van der Waals surface area (Å²) < 4.78 is 0. The minimum absolute atomic E-state index is 0.236. The number of ketones is 1. The second kappa shape index (κ2) is 7.31. The highest BCUT2D eigenvalue weighted by Gasteiger charge is 2.29. The topological polar surface area (TPSA) is 17.1 Å². The molecule has 2 rings (SSSR count). The second-order valence-electron chi connectivity index (χ2n) is 7.35. The van der Waals surface area contributed by atoms with Crippen molar-refractivity contribution in [1.29, 1.82) is 0 Å². The Morgan fingerprint density at radius 2 is 1.54 bits per heavy atom. The molecular weight excluding hydrogens is 308 g/mol. The number of Topliss-reactive ketones (excluding diaryl/α,β-unsaturated/α-hetero) is 1. The minimum Gasteiger partial charge on any atom is -0.300 e. The number of carbonyl (C=O) groups excluding carboxylic acids is 1.